The fraction of sp³-hybridized carbons (Fsp3) is 0.211. The van der Waals surface area contributed by atoms with Crippen LogP contribution in [0.2, 0.25) is 0 Å². The minimum Gasteiger partial charge on any atom is -0.493 e. The Kier molecular flexibility index (Phi) is 5.82. The van der Waals surface area contributed by atoms with E-state index in [1.54, 1.807) is 20.4 Å². The monoisotopic (exact) mass is 351 g/mol. The highest BCUT2D eigenvalue weighted by molar-refractivity contribution is 5.44. The zero-order valence-corrected chi connectivity index (χ0v) is 14.8. The van der Waals surface area contributed by atoms with Crippen molar-refractivity contribution in [3.05, 3.63) is 65.9 Å². The number of nitrogens with zero attached hydrogens (tertiary/aromatic N) is 3. The number of benzene rings is 2. The lowest BCUT2D eigenvalue weighted by Crippen LogP contribution is -2.08. The van der Waals surface area contributed by atoms with Crippen LogP contribution in [0.25, 0.3) is 0 Å². The van der Waals surface area contributed by atoms with Gasteiger partial charge in [0.05, 0.1) is 20.4 Å². The molecule has 0 radical (unpaired) electrons. The highest BCUT2D eigenvalue weighted by atomic mass is 16.5. The molecule has 0 atom stereocenters. The molecule has 0 saturated carbocycles. The van der Waals surface area contributed by atoms with Crippen LogP contribution in [0.5, 0.6) is 11.5 Å². The Morgan fingerprint density at radius 2 is 1.62 bits per heavy atom. The van der Waals surface area contributed by atoms with Crippen LogP contribution in [-0.2, 0) is 13.1 Å². The largest absolute Gasteiger partial charge is 0.493 e. The molecule has 0 bridgehead atoms. The molecule has 134 valence electrons. The highest BCUT2D eigenvalue weighted by Crippen LogP contribution is 2.27. The van der Waals surface area contributed by atoms with Crippen LogP contribution in [0.4, 0.5) is 11.8 Å². The maximum Gasteiger partial charge on any atom is 0.244 e. The average Bonchev–Trinajstić information content (AvgIpc) is 2.71. The topological polar surface area (TPSA) is 81.2 Å². The lowest BCUT2D eigenvalue weighted by atomic mass is 10.2. The molecule has 1 heterocycles. The summed E-state index contributed by atoms with van der Waals surface area (Å²) < 4.78 is 10.6. The number of anilines is 2. The Labute approximate surface area is 152 Å². The molecule has 0 saturated heterocycles. The Morgan fingerprint density at radius 3 is 2.38 bits per heavy atom. The Bertz CT molecular complexity index is 842. The summed E-state index contributed by atoms with van der Waals surface area (Å²) in [6, 6.07) is 15.8. The van der Waals surface area contributed by atoms with Gasteiger partial charge in [-0.2, -0.15) is 10.1 Å². The lowest BCUT2D eigenvalue weighted by molar-refractivity contribution is 0.354. The quantitative estimate of drug-likeness (QED) is 0.645. The van der Waals surface area contributed by atoms with Crippen LogP contribution in [0.1, 0.15) is 11.1 Å². The van der Waals surface area contributed by atoms with Crippen molar-refractivity contribution in [2.75, 3.05) is 24.9 Å². The first kappa shape index (κ1) is 17.5. The second-order valence-corrected chi connectivity index (χ2v) is 5.55. The molecule has 0 aliphatic heterocycles. The molecule has 0 fully saturated rings. The van der Waals surface area contributed by atoms with Gasteiger partial charge in [0.1, 0.15) is 0 Å². The predicted molar refractivity (Wildman–Crippen MR) is 100 cm³/mol. The van der Waals surface area contributed by atoms with Gasteiger partial charge in [-0.25, -0.2) is 0 Å². The van der Waals surface area contributed by atoms with E-state index in [2.05, 4.69) is 25.8 Å². The molecule has 3 rings (SSSR count). The van der Waals surface area contributed by atoms with Crippen LogP contribution in [0.3, 0.4) is 0 Å². The van der Waals surface area contributed by atoms with Crippen LogP contribution < -0.4 is 20.1 Å². The number of rotatable bonds is 8. The van der Waals surface area contributed by atoms with Gasteiger partial charge in [-0.15, -0.1) is 5.10 Å². The standard InChI is InChI=1S/C19H21N5O2/c1-25-16-9-8-15(10-17(16)26-2)12-20-18-13-22-24-19(23-18)21-11-14-6-4-3-5-7-14/h3-10,13H,11-12H2,1-2H3,(H2,20,21,23,24). The smallest absolute Gasteiger partial charge is 0.244 e. The van der Waals surface area contributed by atoms with Crippen molar-refractivity contribution in [1.82, 2.24) is 15.2 Å². The van der Waals surface area contributed by atoms with Crippen molar-refractivity contribution < 1.29 is 9.47 Å². The molecular formula is C19H21N5O2. The van der Waals surface area contributed by atoms with Gasteiger partial charge in [0.2, 0.25) is 5.95 Å². The number of ether oxygens (including phenoxy) is 2. The molecule has 2 N–H and O–H groups in total. The van der Waals surface area contributed by atoms with E-state index in [1.807, 2.05) is 48.5 Å². The van der Waals surface area contributed by atoms with Crippen LogP contribution in [-0.4, -0.2) is 29.4 Å². The average molecular weight is 351 g/mol. The molecule has 1 aromatic heterocycles. The molecule has 0 amide bonds. The first-order chi connectivity index (χ1) is 12.8. The molecule has 2 aromatic carbocycles. The van der Waals surface area contributed by atoms with E-state index >= 15 is 0 Å². The normalized spacial score (nSPS) is 10.2. The molecule has 0 spiro atoms. The second kappa shape index (κ2) is 8.66. The third-order valence-corrected chi connectivity index (χ3v) is 3.77. The van der Waals surface area contributed by atoms with E-state index in [0.717, 1.165) is 11.1 Å². The number of methoxy groups -OCH3 is 2. The molecule has 0 unspecified atom stereocenters. The highest BCUT2D eigenvalue weighted by Gasteiger charge is 2.05. The summed E-state index contributed by atoms with van der Waals surface area (Å²) in [6.07, 6.45) is 1.59. The lowest BCUT2D eigenvalue weighted by Gasteiger charge is -2.11. The Hall–Kier alpha value is -3.35. The minimum absolute atomic E-state index is 0.478. The van der Waals surface area contributed by atoms with E-state index in [1.165, 1.54) is 0 Å². The van der Waals surface area contributed by atoms with Gasteiger partial charge in [0.25, 0.3) is 0 Å². The fourth-order valence-electron chi connectivity index (χ4n) is 2.42. The van der Waals surface area contributed by atoms with Crippen molar-refractivity contribution in [3.8, 4) is 11.5 Å². The van der Waals surface area contributed by atoms with Crippen molar-refractivity contribution in [3.63, 3.8) is 0 Å². The van der Waals surface area contributed by atoms with E-state index in [-0.39, 0.29) is 0 Å². The summed E-state index contributed by atoms with van der Waals surface area (Å²) in [6.45, 7) is 1.22. The summed E-state index contributed by atoms with van der Waals surface area (Å²) in [5.41, 5.74) is 2.19. The van der Waals surface area contributed by atoms with Gasteiger partial charge in [-0.3, -0.25) is 0 Å². The van der Waals surface area contributed by atoms with E-state index in [0.29, 0.717) is 36.4 Å². The van der Waals surface area contributed by atoms with E-state index in [9.17, 15) is 0 Å². The number of hydrogen-bond acceptors (Lipinski definition) is 7. The van der Waals surface area contributed by atoms with Crippen molar-refractivity contribution in [2.45, 2.75) is 13.1 Å². The van der Waals surface area contributed by atoms with Crippen LogP contribution in [0, 0.1) is 0 Å². The van der Waals surface area contributed by atoms with Gasteiger partial charge < -0.3 is 20.1 Å². The first-order valence-corrected chi connectivity index (χ1v) is 8.21. The minimum atomic E-state index is 0.478. The molecule has 26 heavy (non-hydrogen) atoms. The molecule has 0 aliphatic rings. The zero-order chi connectivity index (χ0) is 18.2. The van der Waals surface area contributed by atoms with Crippen LogP contribution in [0.15, 0.2) is 54.7 Å². The summed E-state index contributed by atoms with van der Waals surface area (Å²) in [5, 5.41) is 14.4. The zero-order valence-electron chi connectivity index (χ0n) is 14.8. The van der Waals surface area contributed by atoms with Gasteiger partial charge in [0, 0.05) is 13.1 Å². The van der Waals surface area contributed by atoms with E-state index in [4.69, 9.17) is 9.47 Å². The van der Waals surface area contributed by atoms with Gasteiger partial charge in [-0.05, 0) is 23.3 Å². The Balaban J connectivity index is 1.60. The number of nitrogens with one attached hydrogen (secondary N) is 2. The van der Waals surface area contributed by atoms with Crippen molar-refractivity contribution >= 4 is 11.8 Å². The summed E-state index contributed by atoms with van der Waals surface area (Å²) in [7, 11) is 3.24. The molecule has 0 aliphatic carbocycles. The molecule has 7 nitrogen and oxygen atoms in total. The first-order valence-electron chi connectivity index (χ1n) is 8.21. The van der Waals surface area contributed by atoms with Gasteiger partial charge in [0.15, 0.2) is 17.3 Å². The van der Waals surface area contributed by atoms with Crippen molar-refractivity contribution in [1.29, 1.82) is 0 Å². The van der Waals surface area contributed by atoms with Gasteiger partial charge >= 0.3 is 0 Å². The third kappa shape index (κ3) is 4.60. The van der Waals surface area contributed by atoms with Gasteiger partial charge in [-0.1, -0.05) is 36.4 Å². The van der Waals surface area contributed by atoms with Crippen molar-refractivity contribution in [2.24, 2.45) is 0 Å². The molecular weight excluding hydrogens is 330 g/mol. The maximum absolute atomic E-state index is 5.32. The van der Waals surface area contributed by atoms with Crippen LogP contribution >= 0.6 is 0 Å². The predicted octanol–water partition coefficient (Wildman–Crippen LogP) is 3.11. The number of aromatic nitrogens is 3. The maximum atomic E-state index is 5.32. The fourth-order valence-corrected chi connectivity index (χ4v) is 2.42. The summed E-state index contributed by atoms with van der Waals surface area (Å²) in [4.78, 5) is 4.43. The SMILES string of the molecule is COc1ccc(CNc2cnnc(NCc3ccccc3)n2)cc1OC. The summed E-state index contributed by atoms with van der Waals surface area (Å²) >= 11 is 0. The Morgan fingerprint density at radius 1 is 0.846 bits per heavy atom. The molecule has 7 heteroatoms. The number of hydrogen-bond donors (Lipinski definition) is 2. The second-order valence-electron chi connectivity index (χ2n) is 5.55. The third-order valence-electron chi connectivity index (χ3n) is 3.77. The van der Waals surface area contributed by atoms with E-state index < -0.39 is 0 Å². The molecule has 3 aromatic rings. The summed E-state index contributed by atoms with van der Waals surface area (Å²) in [5.74, 6) is 2.52.